The van der Waals surface area contributed by atoms with E-state index in [1.807, 2.05) is 32.9 Å². The van der Waals surface area contributed by atoms with E-state index in [1.54, 1.807) is 19.1 Å². The Morgan fingerprint density at radius 3 is 2.29 bits per heavy atom. The van der Waals surface area contributed by atoms with E-state index >= 15 is 0 Å². The minimum absolute atomic E-state index is 0.0914. The standard InChI is InChI=1S/C18H19FO2/c1-11-5-6-15(9-17(11)19)21-10-18(20)16-8-13(3)12(2)7-14(16)4/h5-9H,10H2,1-4H3. The molecule has 3 heteroatoms. The molecule has 0 bridgehead atoms. The Morgan fingerprint density at radius 1 is 0.952 bits per heavy atom. The van der Waals surface area contributed by atoms with Gasteiger partial charge in [-0.1, -0.05) is 12.1 Å². The highest BCUT2D eigenvalue weighted by molar-refractivity contribution is 5.98. The molecule has 0 spiro atoms. The monoisotopic (exact) mass is 286 g/mol. The number of aryl methyl sites for hydroxylation is 4. The third kappa shape index (κ3) is 3.48. The summed E-state index contributed by atoms with van der Waals surface area (Å²) >= 11 is 0. The second kappa shape index (κ2) is 6.08. The fourth-order valence-electron chi connectivity index (χ4n) is 2.15. The summed E-state index contributed by atoms with van der Waals surface area (Å²) in [6.07, 6.45) is 0. The second-order valence-electron chi connectivity index (χ2n) is 5.37. The molecule has 0 aromatic heterocycles. The molecule has 0 fully saturated rings. The SMILES string of the molecule is Cc1cc(C)c(C(=O)COc2ccc(C)c(F)c2)cc1C. The lowest BCUT2D eigenvalue weighted by Gasteiger charge is -2.10. The first-order chi connectivity index (χ1) is 9.88. The molecule has 0 radical (unpaired) electrons. The Hall–Kier alpha value is -2.16. The molecule has 2 aromatic carbocycles. The number of halogens is 1. The van der Waals surface area contributed by atoms with Crippen molar-refractivity contribution in [1.82, 2.24) is 0 Å². The van der Waals surface area contributed by atoms with Gasteiger partial charge in [0.25, 0.3) is 0 Å². The molecule has 0 saturated heterocycles. The van der Waals surface area contributed by atoms with Gasteiger partial charge >= 0.3 is 0 Å². The largest absolute Gasteiger partial charge is 0.485 e. The van der Waals surface area contributed by atoms with Gasteiger partial charge in [-0.15, -0.1) is 0 Å². The van der Waals surface area contributed by atoms with Gasteiger partial charge in [-0.25, -0.2) is 4.39 Å². The minimum atomic E-state index is -0.331. The Kier molecular flexibility index (Phi) is 4.41. The minimum Gasteiger partial charge on any atom is -0.485 e. The predicted molar refractivity (Wildman–Crippen MR) is 81.6 cm³/mol. The summed E-state index contributed by atoms with van der Waals surface area (Å²) in [6, 6.07) is 8.48. The van der Waals surface area contributed by atoms with Gasteiger partial charge in [0.05, 0.1) is 0 Å². The van der Waals surface area contributed by atoms with Gasteiger partial charge in [0, 0.05) is 11.6 Å². The number of hydrogen-bond donors (Lipinski definition) is 0. The molecule has 0 saturated carbocycles. The van der Waals surface area contributed by atoms with Gasteiger partial charge in [0.1, 0.15) is 11.6 Å². The highest BCUT2D eigenvalue weighted by Gasteiger charge is 2.12. The van der Waals surface area contributed by atoms with E-state index < -0.39 is 0 Å². The molecule has 0 heterocycles. The first-order valence-electron chi connectivity index (χ1n) is 6.88. The normalized spacial score (nSPS) is 10.5. The number of ketones is 1. The summed E-state index contributed by atoms with van der Waals surface area (Å²) in [4.78, 5) is 12.2. The molecule has 2 nitrogen and oxygen atoms in total. The van der Waals surface area contributed by atoms with Gasteiger partial charge in [0.15, 0.2) is 12.4 Å². The molecule has 0 aliphatic rings. The van der Waals surface area contributed by atoms with E-state index in [9.17, 15) is 9.18 Å². The van der Waals surface area contributed by atoms with Gasteiger partial charge in [-0.05, 0) is 62.1 Å². The van der Waals surface area contributed by atoms with Gasteiger partial charge in [-0.3, -0.25) is 4.79 Å². The molecule has 0 aliphatic carbocycles. The number of Topliss-reactive ketones (excluding diaryl/α,β-unsaturated/α-hetero) is 1. The Bertz CT molecular complexity index is 690. The van der Waals surface area contributed by atoms with Crippen LogP contribution in [0, 0.1) is 33.5 Å². The molecule has 2 rings (SSSR count). The van der Waals surface area contributed by atoms with Crippen LogP contribution in [0.5, 0.6) is 5.75 Å². The quantitative estimate of drug-likeness (QED) is 0.782. The zero-order valence-electron chi connectivity index (χ0n) is 12.8. The van der Waals surface area contributed by atoms with Gasteiger partial charge in [-0.2, -0.15) is 0 Å². The van der Waals surface area contributed by atoms with Crippen molar-refractivity contribution in [3.8, 4) is 5.75 Å². The number of carbonyl (C=O) groups is 1. The Morgan fingerprint density at radius 2 is 1.62 bits per heavy atom. The van der Waals surface area contributed by atoms with Crippen LogP contribution < -0.4 is 4.74 Å². The summed E-state index contributed by atoms with van der Waals surface area (Å²) in [6.45, 7) is 7.49. The topological polar surface area (TPSA) is 26.3 Å². The fourth-order valence-corrected chi connectivity index (χ4v) is 2.15. The lowest BCUT2D eigenvalue weighted by molar-refractivity contribution is 0.0920. The zero-order valence-corrected chi connectivity index (χ0v) is 12.8. The van der Waals surface area contributed by atoms with Gasteiger partial charge < -0.3 is 4.74 Å². The van der Waals surface area contributed by atoms with Crippen LogP contribution in [0.4, 0.5) is 4.39 Å². The highest BCUT2D eigenvalue weighted by Crippen LogP contribution is 2.18. The van der Waals surface area contributed by atoms with Gasteiger partial charge in [0.2, 0.25) is 0 Å². The lowest BCUT2D eigenvalue weighted by Crippen LogP contribution is -2.13. The van der Waals surface area contributed by atoms with Crippen molar-refractivity contribution in [2.45, 2.75) is 27.7 Å². The van der Waals surface area contributed by atoms with Crippen LogP contribution in [0.2, 0.25) is 0 Å². The van der Waals surface area contributed by atoms with Crippen LogP contribution in [0.1, 0.15) is 32.6 Å². The number of ether oxygens (including phenoxy) is 1. The van der Waals surface area contributed by atoms with E-state index in [-0.39, 0.29) is 18.2 Å². The van der Waals surface area contributed by atoms with Crippen molar-refractivity contribution in [1.29, 1.82) is 0 Å². The van der Waals surface area contributed by atoms with Crippen molar-refractivity contribution in [3.63, 3.8) is 0 Å². The summed E-state index contributed by atoms with van der Waals surface area (Å²) in [5.41, 5.74) is 4.38. The molecule has 21 heavy (non-hydrogen) atoms. The first-order valence-corrected chi connectivity index (χ1v) is 6.88. The number of carbonyl (C=O) groups excluding carboxylic acids is 1. The first kappa shape index (κ1) is 15.2. The average Bonchev–Trinajstić information content (AvgIpc) is 2.44. The lowest BCUT2D eigenvalue weighted by atomic mass is 9.98. The van der Waals surface area contributed by atoms with Crippen molar-refractivity contribution in [2.24, 2.45) is 0 Å². The summed E-state index contributed by atoms with van der Waals surface area (Å²) < 4.78 is 18.8. The van der Waals surface area contributed by atoms with Crippen molar-refractivity contribution >= 4 is 5.78 Å². The molecule has 0 atom stereocenters. The fraction of sp³-hybridized carbons (Fsp3) is 0.278. The predicted octanol–water partition coefficient (Wildman–Crippen LogP) is 4.32. The van der Waals surface area contributed by atoms with E-state index in [4.69, 9.17) is 4.74 Å². The zero-order chi connectivity index (χ0) is 15.6. The van der Waals surface area contributed by atoms with Crippen LogP contribution in [0.15, 0.2) is 30.3 Å². The summed E-state index contributed by atoms with van der Waals surface area (Å²) in [5, 5.41) is 0. The molecular weight excluding hydrogens is 267 g/mol. The van der Waals surface area contributed by atoms with Crippen LogP contribution in [-0.4, -0.2) is 12.4 Å². The van der Waals surface area contributed by atoms with Crippen molar-refractivity contribution in [3.05, 3.63) is 64.0 Å². The third-order valence-electron chi connectivity index (χ3n) is 3.65. The molecular formula is C18H19FO2. The van der Waals surface area contributed by atoms with Crippen molar-refractivity contribution in [2.75, 3.05) is 6.61 Å². The number of benzene rings is 2. The summed E-state index contributed by atoms with van der Waals surface area (Å²) in [7, 11) is 0. The van der Waals surface area contributed by atoms with Crippen molar-refractivity contribution < 1.29 is 13.9 Å². The highest BCUT2D eigenvalue weighted by atomic mass is 19.1. The maximum absolute atomic E-state index is 13.4. The van der Waals surface area contributed by atoms with E-state index in [1.165, 1.54) is 6.07 Å². The maximum atomic E-state index is 13.4. The van der Waals surface area contributed by atoms with Crippen LogP contribution in [0.25, 0.3) is 0 Å². The number of rotatable bonds is 4. The molecule has 0 amide bonds. The third-order valence-corrected chi connectivity index (χ3v) is 3.65. The molecule has 0 unspecified atom stereocenters. The number of hydrogen-bond acceptors (Lipinski definition) is 2. The second-order valence-corrected chi connectivity index (χ2v) is 5.37. The van der Waals surface area contributed by atoms with Crippen LogP contribution in [-0.2, 0) is 0 Å². The van der Waals surface area contributed by atoms with Crippen LogP contribution >= 0.6 is 0 Å². The Labute approximate surface area is 124 Å². The molecule has 0 N–H and O–H groups in total. The van der Waals surface area contributed by atoms with E-state index in [0.717, 1.165) is 16.7 Å². The van der Waals surface area contributed by atoms with Crippen LogP contribution in [0.3, 0.4) is 0 Å². The molecule has 2 aromatic rings. The maximum Gasteiger partial charge on any atom is 0.200 e. The van der Waals surface area contributed by atoms with E-state index in [0.29, 0.717) is 16.9 Å². The Balaban J connectivity index is 2.11. The smallest absolute Gasteiger partial charge is 0.200 e. The van der Waals surface area contributed by atoms with E-state index in [2.05, 4.69) is 0 Å². The molecule has 0 aliphatic heterocycles. The summed E-state index contributed by atoms with van der Waals surface area (Å²) in [5.74, 6) is -0.0631. The molecule has 110 valence electrons. The average molecular weight is 286 g/mol.